The van der Waals surface area contributed by atoms with Crippen LogP contribution < -0.4 is 4.74 Å². The predicted molar refractivity (Wildman–Crippen MR) is 81.1 cm³/mol. The molecule has 0 fully saturated rings. The first-order valence-corrected chi connectivity index (χ1v) is 7.21. The number of benzene rings is 1. The molecule has 0 saturated carbocycles. The van der Waals surface area contributed by atoms with Crippen molar-refractivity contribution < 1.29 is 4.74 Å². The zero-order valence-corrected chi connectivity index (χ0v) is 12.7. The van der Waals surface area contributed by atoms with Crippen LogP contribution in [0.15, 0.2) is 47.2 Å². The largest absolute Gasteiger partial charge is 0.493 e. The maximum Gasteiger partial charge on any atom is 0.135 e. The molecule has 4 nitrogen and oxygen atoms in total. The molecule has 0 saturated heterocycles. The minimum Gasteiger partial charge on any atom is -0.493 e. The number of rotatable bonds is 4. The van der Waals surface area contributed by atoms with E-state index in [-0.39, 0.29) is 0 Å². The van der Waals surface area contributed by atoms with Crippen molar-refractivity contribution in [3.8, 4) is 5.75 Å². The van der Waals surface area contributed by atoms with Gasteiger partial charge in [-0.15, -0.1) is 0 Å². The molecule has 20 heavy (non-hydrogen) atoms. The smallest absolute Gasteiger partial charge is 0.135 e. The second-order valence-electron chi connectivity index (χ2n) is 4.55. The fraction of sp³-hybridized carbons (Fsp3) is 0.200. The summed E-state index contributed by atoms with van der Waals surface area (Å²) in [5.41, 5.74) is 2.16. The van der Waals surface area contributed by atoms with E-state index in [0.29, 0.717) is 13.0 Å². The van der Waals surface area contributed by atoms with E-state index in [1.54, 1.807) is 6.20 Å². The molecule has 0 spiro atoms. The van der Waals surface area contributed by atoms with Gasteiger partial charge in [-0.05, 0) is 52.7 Å². The molecule has 3 rings (SSSR count). The second-order valence-corrected chi connectivity index (χ2v) is 5.31. The van der Waals surface area contributed by atoms with Crippen LogP contribution in [0.2, 0.25) is 0 Å². The fourth-order valence-corrected chi connectivity index (χ4v) is 2.58. The van der Waals surface area contributed by atoms with Gasteiger partial charge in [-0.25, -0.2) is 9.50 Å². The highest BCUT2D eigenvalue weighted by Gasteiger charge is 2.09. The first kappa shape index (κ1) is 13.1. The number of aryl methyl sites for hydroxylation is 1. The van der Waals surface area contributed by atoms with Crippen molar-refractivity contribution in [2.75, 3.05) is 6.61 Å². The molecule has 1 aromatic carbocycles. The van der Waals surface area contributed by atoms with Gasteiger partial charge in [-0.1, -0.05) is 12.1 Å². The van der Waals surface area contributed by atoms with Crippen molar-refractivity contribution in [3.05, 3.63) is 58.6 Å². The summed E-state index contributed by atoms with van der Waals surface area (Å²) in [4.78, 5) is 4.48. The highest BCUT2D eigenvalue weighted by atomic mass is 79.9. The Labute approximate surface area is 125 Å². The summed E-state index contributed by atoms with van der Waals surface area (Å²) in [6, 6.07) is 11.9. The van der Waals surface area contributed by atoms with E-state index < -0.39 is 0 Å². The molecule has 0 aliphatic heterocycles. The average Bonchev–Trinajstić information content (AvgIpc) is 2.77. The summed E-state index contributed by atoms with van der Waals surface area (Å²) < 4.78 is 8.41. The third-order valence-electron chi connectivity index (χ3n) is 3.02. The highest BCUT2D eigenvalue weighted by molar-refractivity contribution is 9.10. The summed E-state index contributed by atoms with van der Waals surface area (Å²) in [5, 5.41) is 4.31. The SMILES string of the molecule is Cc1cccc(OCCc2nc(Br)c3cccnn23)c1. The van der Waals surface area contributed by atoms with Gasteiger partial charge >= 0.3 is 0 Å². The van der Waals surface area contributed by atoms with Gasteiger partial charge in [0, 0.05) is 12.6 Å². The van der Waals surface area contributed by atoms with Gasteiger partial charge in [0.05, 0.1) is 12.1 Å². The maximum absolute atomic E-state index is 5.75. The maximum atomic E-state index is 5.75. The number of aromatic nitrogens is 3. The average molecular weight is 332 g/mol. The molecule has 2 aromatic heterocycles. The van der Waals surface area contributed by atoms with E-state index in [0.717, 1.165) is 21.7 Å². The Bertz CT molecular complexity index is 739. The number of imidazole rings is 1. The van der Waals surface area contributed by atoms with E-state index in [1.807, 2.05) is 34.8 Å². The monoisotopic (exact) mass is 331 g/mol. The van der Waals surface area contributed by atoms with Crippen LogP contribution >= 0.6 is 15.9 Å². The van der Waals surface area contributed by atoms with Crippen molar-refractivity contribution in [2.24, 2.45) is 0 Å². The molecule has 0 amide bonds. The van der Waals surface area contributed by atoms with Crippen molar-refractivity contribution >= 4 is 21.4 Å². The minimum absolute atomic E-state index is 0.575. The third-order valence-corrected chi connectivity index (χ3v) is 3.60. The van der Waals surface area contributed by atoms with Crippen LogP contribution in [0.3, 0.4) is 0 Å². The second kappa shape index (κ2) is 5.63. The van der Waals surface area contributed by atoms with Crippen LogP contribution in [0.25, 0.3) is 5.52 Å². The van der Waals surface area contributed by atoms with Gasteiger partial charge in [0.25, 0.3) is 0 Å². The Hall–Kier alpha value is -1.88. The molecule has 0 radical (unpaired) electrons. The summed E-state index contributed by atoms with van der Waals surface area (Å²) in [5.74, 6) is 1.78. The van der Waals surface area contributed by atoms with Crippen LogP contribution in [0.5, 0.6) is 5.75 Å². The standard InChI is InChI=1S/C15H14BrN3O/c1-11-4-2-5-12(10-11)20-9-7-14-18-15(16)13-6-3-8-17-19(13)14/h2-6,8,10H,7,9H2,1H3. The topological polar surface area (TPSA) is 39.4 Å². The Kier molecular flexibility index (Phi) is 3.69. The van der Waals surface area contributed by atoms with Crippen molar-refractivity contribution in [1.29, 1.82) is 0 Å². The molecule has 0 unspecified atom stereocenters. The van der Waals surface area contributed by atoms with Crippen molar-refractivity contribution in [2.45, 2.75) is 13.3 Å². The lowest BCUT2D eigenvalue weighted by Crippen LogP contribution is -2.06. The van der Waals surface area contributed by atoms with E-state index in [1.165, 1.54) is 5.56 Å². The Morgan fingerprint density at radius 3 is 3.00 bits per heavy atom. The van der Waals surface area contributed by atoms with Gasteiger partial charge in [0.2, 0.25) is 0 Å². The Morgan fingerprint density at radius 1 is 1.25 bits per heavy atom. The lowest BCUT2D eigenvalue weighted by atomic mass is 10.2. The molecule has 5 heteroatoms. The van der Waals surface area contributed by atoms with Gasteiger partial charge in [0.1, 0.15) is 16.2 Å². The Balaban J connectivity index is 1.71. The Morgan fingerprint density at radius 2 is 2.15 bits per heavy atom. The quantitative estimate of drug-likeness (QED) is 0.735. The lowest BCUT2D eigenvalue weighted by Gasteiger charge is -2.06. The van der Waals surface area contributed by atoms with Gasteiger partial charge in [-0.3, -0.25) is 0 Å². The molecule has 0 N–H and O–H groups in total. The fourth-order valence-electron chi connectivity index (χ4n) is 2.08. The van der Waals surface area contributed by atoms with E-state index >= 15 is 0 Å². The lowest BCUT2D eigenvalue weighted by molar-refractivity contribution is 0.318. The van der Waals surface area contributed by atoms with E-state index in [4.69, 9.17) is 4.74 Å². The molecular formula is C15H14BrN3O. The van der Waals surface area contributed by atoms with Crippen LogP contribution in [0.1, 0.15) is 11.4 Å². The molecule has 3 aromatic rings. The predicted octanol–water partition coefficient (Wildman–Crippen LogP) is 3.42. The van der Waals surface area contributed by atoms with Crippen molar-refractivity contribution in [1.82, 2.24) is 14.6 Å². The van der Waals surface area contributed by atoms with Gasteiger partial charge in [0.15, 0.2) is 0 Å². The zero-order valence-electron chi connectivity index (χ0n) is 11.1. The number of hydrogen-bond acceptors (Lipinski definition) is 3. The third kappa shape index (κ3) is 2.67. The van der Waals surface area contributed by atoms with Gasteiger partial charge < -0.3 is 4.74 Å². The van der Waals surface area contributed by atoms with Crippen LogP contribution in [-0.4, -0.2) is 21.2 Å². The molecule has 102 valence electrons. The minimum atomic E-state index is 0.575. The van der Waals surface area contributed by atoms with Crippen LogP contribution in [0.4, 0.5) is 0 Å². The number of fused-ring (bicyclic) bond motifs is 1. The zero-order chi connectivity index (χ0) is 13.9. The normalized spacial score (nSPS) is 10.9. The van der Waals surface area contributed by atoms with Crippen LogP contribution in [-0.2, 0) is 6.42 Å². The first-order valence-electron chi connectivity index (χ1n) is 6.41. The highest BCUT2D eigenvalue weighted by Crippen LogP contribution is 2.18. The summed E-state index contributed by atoms with van der Waals surface area (Å²) in [7, 11) is 0. The molecule has 0 aliphatic carbocycles. The number of ether oxygens (including phenoxy) is 1. The summed E-state index contributed by atoms with van der Waals surface area (Å²) in [6.45, 7) is 2.63. The van der Waals surface area contributed by atoms with Crippen LogP contribution in [0, 0.1) is 6.92 Å². The molecular weight excluding hydrogens is 318 g/mol. The summed E-state index contributed by atoms with van der Waals surface area (Å²) in [6.07, 6.45) is 2.46. The first-order chi connectivity index (χ1) is 9.74. The number of hydrogen-bond donors (Lipinski definition) is 0. The summed E-state index contributed by atoms with van der Waals surface area (Å²) >= 11 is 3.45. The van der Waals surface area contributed by atoms with Gasteiger partial charge in [-0.2, -0.15) is 5.10 Å². The number of nitrogens with zero attached hydrogens (tertiary/aromatic N) is 3. The van der Waals surface area contributed by atoms with Crippen molar-refractivity contribution in [3.63, 3.8) is 0 Å². The number of halogens is 1. The molecule has 0 bridgehead atoms. The molecule has 2 heterocycles. The van der Waals surface area contributed by atoms with E-state index in [9.17, 15) is 0 Å². The van der Waals surface area contributed by atoms with E-state index in [2.05, 4.69) is 39.0 Å². The molecule has 0 aliphatic rings. The molecule has 0 atom stereocenters.